The molecular formula is C18H30IN5O2. The molecule has 1 fully saturated rings. The van der Waals surface area contributed by atoms with E-state index in [1.807, 2.05) is 0 Å². The maximum atomic E-state index is 10.7. The quantitative estimate of drug-likeness (QED) is 0.217. The van der Waals surface area contributed by atoms with Gasteiger partial charge in [0.25, 0.3) is 5.69 Å². The van der Waals surface area contributed by atoms with Gasteiger partial charge < -0.3 is 10.6 Å². The summed E-state index contributed by atoms with van der Waals surface area (Å²) in [4.78, 5) is 17.1. The topological polar surface area (TPSA) is 82.8 Å². The summed E-state index contributed by atoms with van der Waals surface area (Å²) >= 11 is 0. The Balaban J connectivity index is 0.00000338. The molecule has 0 saturated carbocycles. The Bertz CT molecular complexity index is 598. The van der Waals surface area contributed by atoms with E-state index in [4.69, 9.17) is 0 Å². The molecule has 1 heterocycles. The van der Waals surface area contributed by atoms with E-state index in [0.29, 0.717) is 6.54 Å². The molecule has 7 nitrogen and oxygen atoms in total. The number of likely N-dealkylation sites (tertiary alicyclic amines) is 1. The lowest BCUT2D eigenvalue weighted by Crippen LogP contribution is -2.54. The molecule has 0 aromatic heterocycles. The molecule has 1 aliphatic heterocycles. The average molecular weight is 475 g/mol. The van der Waals surface area contributed by atoms with Crippen LogP contribution in [-0.4, -0.2) is 48.0 Å². The van der Waals surface area contributed by atoms with E-state index in [1.165, 1.54) is 31.4 Å². The molecule has 8 heteroatoms. The molecule has 1 aromatic rings. The van der Waals surface area contributed by atoms with Crippen molar-refractivity contribution < 1.29 is 4.92 Å². The van der Waals surface area contributed by atoms with E-state index in [0.717, 1.165) is 31.2 Å². The number of nitrogens with one attached hydrogen (secondary N) is 2. The molecule has 1 saturated heterocycles. The van der Waals surface area contributed by atoms with Gasteiger partial charge in [-0.05, 0) is 45.3 Å². The van der Waals surface area contributed by atoms with Gasteiger partial charge in [-0.1, -0.05) is 18.6 Å². The number of nitro groups is 1. The molecule has 0 unspecified atom stereocenters. The van der Waals surface area contributed by atoms with Crippen molar-refractivity contribution in [2.24, 2.45) is 4.99 Å². The normalized spacial score (nSPS) is 15.9. The van der Waals surface area contributed by atoms with Crippen LogP contribution in [0.2, 0.25) is 0 Å². The Kier molecular flexibility index (Phi) is 9.28. The third-order valence-electron chi connectivity index (χ3n) is 4.73. The van der Waals surface area contributed by atoms with Crippen LogP contribution in [0.15, 0.2) is 29.3 Å². The van der Waals surface area contributed by atoms with Gasteiger partial charge in [-0.15, -0.1) is 24.0 Å². The number of guanidine groups is 1. The largest absolute Gasteiger partial charge is 0.355 e. The minimum Gasteiger partial charge on any atom is -0.355 e. The highest BCUT2D eigenvalue weighted by atomic mass is 127. The van der Waals surface area contributed by atoms with Crippen LogP contribution in [-0.2, 0) is 6.54 Å². The number of halogens is 1. The van der Waals surface area contributed by atoms with Gasteiger partial charge in [0.2, 0.25) is 0 Å². The van der Waals surface area contributed by atoms with Crippen LogP contribution in [0.4, 0.5) is 5.69 Å². The molecule has 2 rings (SSSR count). The minimum absolute atomic E-state index is 0. The van der Waals surface area contributed by atoms with E-state index in [2.05, 4.69) is 34.4 Å². The first-order valence-electron chi connectivity index (χ1n) is 8.85. The van der Waals surface area contributed by atoms with Crippen LogP contribution < -0.4 is 10.6 Å². The summed E-state index contributed by atoms with van der Waals surface area (Å²) in [6.45, 7) is 8.21. The fourth-order valence-corrected chi connectivity index (χ4v) is 3.05. The van der Waals surface area contributed by atoms with Crippen molar-refractivity contribution >= 4 is 35.6 Å². The maximum absolute atomic E-state index is 10.7. The van der Waals surface area contributed by atoms with Crippen LogP contribution in [0, 0.1) is 10.1 Å². The predicted octanol–water partition coefficient (Wildman–Crippen LogP) is 3.14. The number of nitro benzene ring substituents is 1. The number of non-ortho nitro benzene ring substituents is 1. The van der Waals surface area contributed by atoms with Crippen molar-refractivity contribution in [3.8, 4) is 0 Å². The van der Waals surface area contributed by atoms with E-state index in [9.17, 15) is 10.1 Å². The number of aliphatic imine (C=N–C) groups is 1. The third-order valence-corrected chi connectivity index (χ3v) is 4.73. The standard InChI is InChI=1S/C18H29N5O2.HI/c1-18(2,22-11-5-4-6-12-22)14-21-17(19-3)20-13-15-7-9-16(10-8-15)23(24)25;/h7-10H,4-6,11-14H2,1-3H3,(H2,19,20,21);1H. The molecule has 2 N–H and O–H groups in total. The average Bonchev–Trinajstić information content (AvgIpc) is 2.63. The molecule has 26 heavy (non-hydrogen) atoms. The molecule has 1 aliphatic rings. The predicted molar refractivity (Wildman–Crippen MR) is 116 cm³/mol. The summed E-state index contributed by atoms with van der Waals surface area (Å²) in [6, 6.07) is 6.56. The second-order valence-electron chi connectivity index (χ2n) is 7.06. The maximum Gasteiger partial charge on any atom is 0.269 e. The minimum atomic E-state index is -0.389. The lowest BCUT2D eigenvalue weighted by Gasteiger charge is -2.41. The van der Waals surface area contributed by atoms with Gasteiger partial charge in [0.15, 0.2) is 5.96 Å². The first-order valence-corrected chi connectivity index (χ1v) is 8.85. The highest BCUT2D eigenvalue weighted by Crippen LogP contribution is 2.19. The molecule has 0 spiro atoms. The summed E-state index contributed by atoms with van der Waals surface area (Å²) in [5.74, 6) is 0.739. The van der Waals surface area contributed by atoms with Crippen molar-refractivity contribution in [3.05, 3.63) is 39.9 Å². The van der Waals surface area contributed by atoms with Crippen LogP contribution in [0.1, 0.15) is 38.7 Å². The second-order valence-corrected chi connectivity index (χ2v) is 7.06. The number of hydrogen-bond donors (Lipinski definition) is 2. The summed E-state index contributed by atoms with van der Waals surface area (Å²) in [7, 11) is 1.75. The SMILES string of the molecule is CN=C(NCc1ccc([N+](=O)[O-])cc1)NCC(C)(C)N1CCCCC1.I. The van der Waals surface area contributed by atoms with Gasteiger partial charge in [0.05, 0.1) is 4.92 Å². The Morgan fingerprint density at radius 2 is 1.81 bits per heavy atom. The van der Waals surface area contributed by atoms with Crippen molar-refractivity contribution in [3.63, 3.8) is 0 Å². The summed E-state index contributed by atoms with van der Waals surface area (Å²) in [5, 5.41) is 17.3. The van der Waals surface area contributed by atoms with E-state index in [-0.39, 0.29) is 40.1 Å². The summed E-state index contributed by atoms with van der Waals surface area (Å²) < 4.78 is 0. The van der Waals surface area contributed by atoms with Gasteiger partial charge in [0, 0.05) is 37.8 Å². The molecular weight excluding hydrogens is 445 g/mol. The van der Waals surface area contributed by atoms with Crippen molar-refractivity contribution in [1.82, 2.24) is 15.5 Å². The molecule has 0 aliphatic carbocycles. The van der Waals surface area contributed by atoms with E-state index in [1.54, 1.807) is 19.2 Å². The summed E-state index contributed by atoms with van der Waals surface area (Å²) in [5.41, 5.74) is 1.16. The fraction of sp³-hybridized carbons (Fsp3) is 0.611. The van der Waals surface area contributed by atoms with E-state index < -0.39 is 0 Å². The van der Waals surface area contributed by atoms with Crippen LogP contribution >= 0.6 is 24.0 Å². The zero-order valence-corrected chi connectivity index (χ0v) is 18.2. The van der Waals surface area contributed by atoms with Gasteiger partial charge in [0.1, 0.15) is 0 Å². The number of benzene rings is 1. The van der Waals surface area contributed by atoms with Crippen LogP contribution in [0.25, 0.3) is 0 Å². The molecule has 0 radical (unpaired) electrons. The number of nitrogens with zero attached hydrogens (tertiary/aromatic N) is 3. The van der Waals surface area contributed by atoms with Crippen molar-refractivity contribution in [2.45, 2.75) is 45.2 Å². The Morgan fingerprint density at radius 3 is 2.35 bits per heavy atom. The van der Waals surface area contributed by atoms with Gasteiger partial charge in [-0.25, -0.2) is 0 Å². The second kappa shape index (κ2) is 10.7. The van der Waals surface area contributed by atoms with Crippen molar-refractivity contribution in [2.75, 3.05) is 26.7 Å². The van der Waals surface area contributed by atoms with Gasteiger partial charge in [-0.2, -0.15) is 0 Å². The lowest BCUT2D eigenvalue weighted by molar-refractivity contribution is -0.384. The highest BCUT2D eigenvalue weighted by molar-refractivity contribution is 14.0. The number of piperidine rings is 1. The van der Waals surface area contributed by atoms with Crippen LogP contribution in [0.5, 0.6) is 0 Å². The zero-order valence-electron chi connectivity index (χ0n) is 15.8. The van der Waals surface area contributed by atoms with Crippen LogP contribution in [0.3, 0.4) is 0 Å². The third kappa shape index (κ3) is 6.71. The van der Waals surface area contributed by atoms with Gasteiger partial charge >= 0.3 is 0 Å². The molecule has 146 valence electrons. The van der Waals surface area contributed by atoms with Crippen molar-refractivity contribution in [1.29, 1.82) is 0 Å². The fourth-order valence-electron chi connectivity index (χ4n) is 3.05. The highest BCUT2D eigenvalue weighted by Gasteiger charge is 2.27. The number of rotatable bonds is 6. The van der Waals surface area contributed by atoms with E-state index >= 15 is 0 Å². The molecule has 0 atom stereocenters. The number of hydrogen-bond acceptors (Lipinski definition) is 4. The zero-order chi connectivity index (χ0) is 18.3. The molecule has 0 amide bonds. The Morgan fingerprint density at radius 1 is 1.19 bits per heavy atom. The van der Waals surface area contributed by atoms with Gasteiger partial charge in [-0.3, -0.25) is 20.0 Å². The molecule has 0 bridgehead atoms. The smallest absolute Gasteiger partial charge is 0.269 e. The Labute approximate surface area is 172 Å². The summed E-state index contributed by atoms with van der Waals surface area (Å²) in [6.07, 6.45) is 3.88. The Hall–Kier alpha value is -1.42. The monoisotopic (exact) mass is 475 g/mol. The lowest BCUT2D eigenvalue weighted by atomic mass is 9.98. The first-order chi connectivity index (χ1) is 11.9. The molecule has 1 aromatic carbocycles. The first kappa shape index (κ1) is 22.6.